The molecule has 32 heavy (non-hydrogen) atoms. The molecule has 11 heteroatoms. The number of nitrogens with one attached hydrogen (secondary N) is 2. The lowest BCUT2D eigenvalue weighted by molar-refractivity contribution is -0.121. The number of amides is 3. The minimum absolute atomic E-state index is 0.00258. The van der Waals surface area contributed by atoms with Crippen LogP contribution in [0.4, 0.5) is 9.18 Å². The molecule has 0 bridgehead atoms. The van der Waals surface area contributed by atoms with Gasteiger partial charge < -0.3 is 14.7 Å². The molecule has 0 aliphatic carbocycles. The second-order valence-corrected chi connectivity index (χ2v) is 10.5. The summed E-state index contributed by atoms with van der Waals surface area (Å²) in [7, 11) is -3.68. The number of hydrogen-bond acceptors (Lipinski definition) is 6. The number of ether oxygens (including phenoxy) is 1. The van der Waals surface area contributed by atoms with Gasteiger partial charge in [0.1, 0.15) is 5.60 Å². The molecule has 0 unspecified atom stereocenters. The smallest absolute Gasteiger partial charge is 0.324 e. The number of imide groups is 1. The van der Waals surface area contributed by atoms with E-state index in [1.807, 2.05) is 13.8 Å². The number of unbranched alkanes of at least 4 members (excludes halogenated alkanes) is 1. The van der Waals surface area contributed by atoms with Crippen molar-refractivity contribution in [1.82, 2.24) is 14.9 Å². The predicted octanol–water partition coefficient (Wildman–Crippen LogP) is 1.71. The summed E-state index contributed by atoms with van der Waals surface area (Å²) in [4.78, 5) is 24.3. The molecule has 0 radical (unpaired) electrons. The van der Waals surface area contributed by atoms with Crippen LogP contribution in [0, 0.1) is 11.7 Å². The van der Waals surface area contributed by atoms with Crippen molar-refractivity contribution in [3.8, 4) is 5.75 Å². The highest BCUT2D eigenvalue weighted by atomic mass is 32.2. The standard InChI is InChI=1S/C21H32FN3O6S/c1-15(2)13-31-18-12-16(6-7-17(18)22)21(3,28)14-23-32(29,30)11-5-4-9-25-10-8-19(26)24-20(25)27/h6-7,12,15,23,28H,4-5,8-11,13-14H2,1-3H3,(H,24,26,27)/t21-/m1/s1. The van der Waals surface area contributed by atoms with Gasteiger partial charge in [-0.15, -0.1) is 0 Å². The van der Waals surface area contributed by atoms with E-state index in [1.54, 1.807) is 0 Å². The summed E-state index contributed by atoms with van der Waals surface area (Å²) in [6, 6.07) is 3.48. The van der Waals surface area contributed by atoms with Crippen LogP contribution in [0.3, 0.4) is 0 Å². The summed E-state index contributed by atoms with van der Waals surface area (Å²) in [6.45, 7) is 5.97. The molecule has 3 N–H and O–H groups in total. The number of benzene rings is 1. The maximum absolute atomic E-state index is 14.0. The lowest BCUT2D eigenvalue weighted by Gasteiger charge is -2.26. The van der Waals surface area contributed by atoms with E-state index >= 15 is 0 Å². The molecule has 1 aromatic rings. The van der Waals surface area contributed by atoms with Crippen LogP contribution in [-0.4, -0.2) is 62.4 Å². The number of aliphatic hydroxyl groups is 1. The van der Waals surface area contributed by atoms with Crippen LogP contribution in [0.5, 0.6) is 5.75 Å². The van der Waals surface area contributed by atoms with Crippen molar-refractivity contribution in [3.63, 3.8) is 0 Å². The summed E-state index contributed by atoms with van der Waals surface area (Å²) in [5.74, 6) is -0.855. The Balaban J connectivity index is 1.84. The Labute approximate surface area is 188 Å². The summed E-state index contributed by atoms with van der Waals surface area (Å²) < 4.78 is 46.4. The van der Waals surface area contributed by atoms with Gasteiger partial charge in [0.2, 0.25) is 15.9 Å². The lowest BCUT2D eigenvalue weighted by Crippen LogP contribution is -2.49. The monoisotopic (exact) mass is 473 g/mol. The zero-order valence-corrected chi connectivity index (χ0v) is 19.5. The second-order valence-electron chi connectivity index (χ2n) is 8.56. The van der Waals surface area contributed by atoms with E-state index in [0.717, 1.165) is 0 Å². The quantitative estimate of drug-likeness (QED) is 0.397. The number of sulfonamides is 1. The van der Waals surface area contributed by atoms with Crippen molar-refractivity contribution in [2.45, 2.75) is 45.6 Å². The van der Waals surface area contributed by atoms with Crippen LogP contribution >= 0.6 is 0 Å². The number of nitrogens with zero attached hydrogens (tertiary/aromatic N) is 1. The first-order valence-corrected chi connectivity index (χ1v) is 12.3. The van der Waals surface area contributed by atoms with Gasteiger partial charge in [0, 0.05) is 26.1 Å². The van der Waals surface area contributed by atoms with Gasteiger partial charge in [0.15, 0.2) is 11.6 Å². The van der Waals surface area contributed by atoms with E-state index in [-0.39, 0.29) is 36.3 Å². The van der Waals surface area contributed by atoms with Gasteiger partial charge in [-0.3, -0.25) is 10.1 Å². The second kappa shape index (κ2) is 11.1. The van der Waals surface area contributed by atoms with Crippen LogP contribution in [0.2, 0.25) is 0 Å². The van der Waals surface area contributed by atoms with Crippen molar-refractivity contribution in [3.05, 3.63) is 29.6 Å². The molecule has 3 amide bonds. The highest BCUT2D eigenvalue weighted by Gasteiger charge is 2.27. The van der Waals surface area contributed by atoms with Crippen molar-refractivity contribution in [1.29, 1.82) is 0 Å². The Morgan fingerprint density at radius 2 is 2.03 bits per heavy atom. The largest absolute Gasteiger partial charge is 0.490 e. The molecular formula is C21H32FN3O6S. The topological polar surface area (TPSA) is 125 Å². The molecule has 1 aliphatic heterocycles. The molecule has 1 heterocycles. The molecule has 0 spiro atoms. The van der Waals surface area contributed by atoms with Gasteiger partial charge in [-0.25, -0.2) is 22.3 Å². The van der Waals surface area contributed by atoms with Crippen LogP contribution in [0.1, 0.15) is 45.6 Å². The maximum atomic E-state index is 14.0. The maximum Gasteiger partial charge on any atom is 0.324 e. The summed E-state index contributed by atoms with van der Waals surface area (Å²) >= 11 is 0. The molecule has 180 valence electrons. The fourth-order valence-electron chi connectivity index (χ4n) is 3.04. The van der Waals surface area contributed by atoms with Gasteiger partial charge in [0.05, 0.1) is 12.4 Å². The lowest BCUT2D eigenvalue weighted by atomic mass is 9.96. The van der Waals surface area contributed by atoms with Crippen LogP contribution in [-0.2, 0) is 20.4 Å². The van der Waals surface area contributed by atoms with Gasteiger partial charge >= 0.3 is 6.03 Å². The molecule has 0 aromatic heterocycles. The van der Waals surface area contributed by atoms with Crippen molar-refractivity contribution in [2.75, 3.05) is 32.0 Å². The Morgan fingerprint density at radius 3 is 2.69 bits per heavy atom. The molecule has 2 rings (SSSR count). The highest BCUT2D eigenvalue weighted by Crippen LogP contribution is 2.27. The zero-order chi connectivity index (χ0) is 23.9. The molecule has 1 aliphatic rings. The van der Waals surface area contributed by atoms with E-state index in [0.29, 0.717) is 38.1 Å². The van der Waals surface area contributed by atoms with Crippen LogP contribution in [0.25, 0.3) is 0 Å². The number of carbonyl (C=O) groups is 2. The number of urea groups is 1. The Morgan fingerprint density at radius 1 is 1.31 bits per heavy atom. The number of carbonyl (C=O) groups excluding carboxylic acids is 2. The first kappa shape index (κ1) is 26.0. The summed E-state index contributed by atoms with van der Waals surface area (Å²) in [5.41, 5.74) is -1.25. The van der Waals surface area contributed by atoms with E-state index in [2.05, 4.69) is 10.0 Å². The molecule has 1 fully saturated rings. The van der Waals surface area contributed by atoms with Crippen molar-refractivity contribution >= 4 is 22.0 Å². The zero-order valence-electron chi connectivity index (χ0n) is 18.7. The summed E-state index contributed by atoms with van der Waals surface area (Å²) in [5, 5.41) is 13.0. The Kier molecular flexibility index (Phi) is 8.99. The third kappa shape index (κ3) is 8.03. The fourth-order valence-corrected chi connectivity index (χ4v) is 4.27. The average molecular weight is 474 g/mol. The number of halogens is 1. The first-order valence-electron chi connectivity index (χ1n) is 10.6. The molecule has 1 atom stereocenters. The van der Waals surface area contributed by atoms with E-state index < -0.39 is 27.5 Å². The molecule has 9 nitrogen and oxygen atoms in total. The van der Waals surface area contributed by atoms with Crippen LogP contribution in [0.15, 0.2) is 18.2 Å². The third-order valence-corrected chi connectivity index (χ3v) is 6.41. The average Bonchev–Trinajstić information content (AvgIpc) is 2.70. The van der Waals surface area contributed by atoms with E-state index in [4.69, 9.17) is 4.74 Å². The molecule has 1 saturated heterocycles. The summed E-state index contributed by atoms with van der Waals surface area (Å²) in [6.07, 6.45) is 0.987. The molecular weight excluding hydrogens is 441 g/mol. The number of rotatable bonds is 12. The predicted molar refractivity (Wildman–Crippen MR) is 117 cm³/mol. The van der Waals surface area contributed by atoms with Crippen LogP contribution < -0.4 is 14.8 Å². The molecule has 0 saturated carbocycles. The first-order chi connectivity index (χ1) is 14.9. The fraction of sp³-hybridized carbons (Fsp3) is 0.619. The van der Waals surface area contributed by atoms with Gasteiger partial charge in [0.25, 0.3) is 0 Å². The SMILES string of the molecule is CC(C)COc1cc([C@](C)(O)CNS(=O)(=O)CCCCN2CCC(=O)NC2=O)ccc1F. The Hall–Kier alpha value is -2.24. The normalized spacial score (nSPS) is 16.8. The number of hydrogen-bond donors (Lipinski definition) is 3. The third-order valence-electron chi connectivity index (χ3n) is 5.00. The van der Waals surface area contributed by atoms with Gasteiger partial charge in [-0.05, 0) is 43.4 Å². The van der Waals surface area contributed by atoms with Gasteiger partial charge in [-0.2, -0.15) is 0 Å². The Bertz CT molecular complexity index is 920. The van der Waals surface area contributed by atoms with Gasteiger partial charge in [-0.1, -0.05) is 19.9 Å². The minimum Gasteiger partial charge on any atom is -0.490 e. The van der Waals surface area contributed by atoms with Crippen molar-refractivity contribution < 1.29 is 32.2 Å². The molecule has 1 aromatic carbocycles. The van der Waals surface area contributed by atoms with E-state index in [9.17, 15) is 27.5 Å². The van der Waals surface area contributed by atoms with Crippen molar-refractivity contribution in [2.24, 2.45) is 5.92 Å². The minimum atomic E-state index is -3.68. The highest BCUT2D eigenvalue weighted by molar-refractivity contribution is 7.89. The van der Waals surface area contributed by atoms with E-state index in [1.165, 1.54) is 30.0 Å².